The third-order valence-electron chi connectivity index (χ3n) is 3.46. The highest BCUT2D eigenvalue weighted by atomic mass is 35.5. The Hall–Kier alpha value is -2.53. The summed E-state index contributed by atoms with van der Waals surface area (Å²) in [6, 6.07) is 15.2. The normalized spacial score (nSPS) is 11.2. The number of nitrogens with zero attached hydrogens (tertiary/aromatic N) is 1. The molecule has 0 aliphatic heterocycles. The van der Waals surface area contributed by atoms with Gasteiger partial charge in [0.25, 0.3) is 5.91 Å². The van der Waals surface area contributed by atoms with Crippen molar-refractivity contribution in [3.8, 4) is 5.75 Å². The molecule has 0 aliphatic rings. The number of benzene rings is 2. The molecule has 0 radical (unpaired) electrons. The van der Waals surface area contributed by atoms with E-state index in [0.717, 1.165) is 11.1 Å². The fourth-order valence-electron chi connectivity index (χ4n) is 2.24. The first-order valence-electron chi connectivity index (χ1n) is 7.45. The number of hydrogen-bond donors (Lipinski definition) is 1. The Morgan fingerprint density at radius 3 is 2.46 bits per heavy atom. The first-order chi connectivity index (χ1) is 11.6. The molecule has 2 aromatic carbocycles. The number of oxime groups is 1. The van der Waals surface area contributed by atoms with Crippen molar-refractivity contribution < 1.29 is 14.4 Å². The van der Waals surface area contributed by atoms with Gasteiger partial charge >= 0.3 is 0 Å². The molecule has 0 aromatic heterocycles. The lowest BCUT2D eigenvalue weighted by atomic mass is 10.0. The number of ether oxygens (including phenoxy) is 1. The molecule has 0 heterocycles. The topological polar surface area (TPSA) is 73.9 Å². The lowest BCUT2D eigenvalue weighted by Crippen LogP contribution is -2.24. The summed E-state index contributed by atoms with van der Waals surface area (Å²) in [6.45, 7) is 0.382. The average molecular weight is 347 g/mol. The molecule has 0 unspecified atom stereocenters. The highest BCUT2D eigenvalue weighted by molar-refractivity contribution is 6.38. The van der Waals surface area contributed by atoms with Crippen molar-refractivity contribution in [3.63, 3.8) is 0 Å². The summed E-state index contributed by atoms with van der Waals surface area (Å²) in [5, 5.41) is 4.23. The lowest BCUT2D eigenvalue weighted by molar-refractivity contribution is -0.112. The molecule has 6 heteroatoms. The highest BCUT2D eigenvalue weighted by Crippen LogP contribution is 2.24. The van der Waals surface area contributed by atoms with Gasteiger partial charge < -0.3 is 15.3 Å². The summed E-state index contributed by atoms with van der Waals surface area (Å²) in [6.07, 6.45) is 0.999. The zero-order valence-corrected chi connectivity index (χ0v) is 14.1. The predicted octanol–water partition coefficient (Wildman–Crippen LogP) is 3.34. The third-order valence-corrected chi connectivity index (χ3v) is 3.77. The summed E-state index contributed by atoms with van der Waals surface area (Å²) < 4.78 is 5.79. The van der Waals surface area contributed by atoms with Gasteiger partial charge in [-0.05, 0) is 29.7 Å². The fraction of sp³-hybridized carbons (Fsp3) is 0.222. The van der Waals surface area contributed by atoms with E-state index in [1.807, 2.05) is 42.5 Å². The number of aryl methyl sites for hydroxylation is 1. The summed E-state index contributed by atoms with van der Waals surface area (Å²) in [5.74, 6) is 0.0504. The molecule has 1 amide bonds. The molecular weight excluding hydrogens is 328 g/mol. The number of nitrogens with two attached hydrogens (primary N) is 1. The van der Waals surface area contributed by atoms with Crippen molar-refractivity contribution in [2.24, 2.45) is 10.9 Å². The summed E-state index contributed by atoms with van der Waals surface area (Å²) in [5.41, 5.74) is 7.56. The van der Waals surface area contributed by atoms with Crippen LogP contribution in [0.3, 0.4) is 0 Å². The zero-order chi connectivity index (χ0) is 17.4. The van der Waals surface area contributed by atoms with E-state index in [2.05, 4.69) is 9.99 Å². The second-order valence-electron chi connectivity index (χ2n) is 5.07. The van der Waals surface area contributed by atoms with E-state index in [0.29, 0.717) is 30.2 Å². The molecular formula is C18H19ClN2O3. The number of carbonyl (C=O) groups is 1. The minimum Gasteiger partial charge on any atom is -0.487 e. The molecule has 2 rings (SSSR count). The van der Waals surface area contributed by atoms with Crippen molar-refractivity contribution >= 4 is 23.2 Å². The maximum absolute atomic E-state index is 11.3. The number of hydrogen-bond acceptors (Lipinski definition) is 4. The molecule has 0 saturated heterocycles. The van der Waals surface area contributed by atoms with Gasteiger partial charge in [0, 0.05) is 6.42 Å². The van der Waals surface area contributed by atoms with Gasteiger partial charge in [-0.3, -0.25) is 4.79 Å². The van der Waals surface area contributed by atoms with Crippen molar-refractivity contribution in [1.29, 1.82) is 0 Å². The zero-order valence-electron chi connectivity index (χ0n) is 13.4. The Balaban J connectivity index is 2.06. The standard InChI is InChI=1S/C18H19ClN2O3/c1-23-21-16(18(20)22)11-10-13-6-2-3-7-14(13)12-24-17-9-5-4-8-15(17)19/h2-9H,10-12H2,1H3,(H2,20,22). The van der Waals surface area contributed by atoms with Gasteiger partial charge in [0.1, 0.15) is 25.2 Å². The molecule has 24 heavy (non-hydrogen) atoms. The van der Waals surface area contributed by atoms with Crippen LogP contribution in [0.2, 0.25) is 5.02 Å². The van der Waals surface area contributed by atoms with Crippen LogP contribution < -0.4 is 10.5 Å². The number of primary amides is 1. The number of rotatable bonds is 8. The SMILES string of the molecule is CON=C(CCc1ccccc1COc1ccccc1Cl)C(N)=O. The Kier molecular flexibility index (Phi) is 6.63. The molecule has 2 aromatic rings. The molecule has 0 atom stereocenters. The van der Waals surface area contributed by atoms with Crippen molar-refractivity contribution in [2.45, 2.75) is 19.4 Å². The van der Waals surface area contributed by atoms with Gasteiger partial charge in [0.2, 0.25) is 0 Å². The smallest absolute Gasteiger partial charge is 0.266 e. The van der Waals surface area contributed by atoms with Crippen LogP contribution >= 0.6 is 11.6 Å². The Morgan fingerprint density at radius 1 is 1.12 bits per heavy atom. The van der Waals surface area contributed by atoms with Gasteiger partial charge in [-0.1, -0.05) is 53.2 Å². The van der Waals surface area contributed by atoms with Crippen LogP contribution in [-0.4, -0.2) is 18.7 Å². The van der Waals surface area contributed by atoms with Gasteiger partial charge in [0.15, 0.2) is 0 Å². The second-order valence-corrected chi connectivity index (χ2v) is 5.48. The van der Waals surface area contributed by atoms with Gasteiger partial charge in [-0.25, -0.2) is 0 Å². The Labute approximate surface area is 146 Å². The van der Waals surface area contributed by atoms with E-state index in [1.165, 1.54) is 7.11 Å². The molecule has 0 saturated carbocycles. The minimum absolute atomic E-state index is 0.208. The lowest BCUT2D eigenvalue weighted by Gasteiger charge is -2.12. The maximum atomic E-state index is 11.3. The molecule has 0 aliphatic carbocycles. The summed E-state index contributed by atoms with van der Waals surface area (Å²) >= 11 is 6.10. The first kappa shape index (κ1) is 17.8. The van der Waals surface area contributed by atoms with E-state index >= 15 is 0 Å². The summed E-state index contributed by atoms with van der Waals surface area (Å²) in [4.78, 5) is 16.0. The highest BCUT2D eigenvalue weighted by Gasteiger charge is 2.11. The first-order valence-corrected chi connectivity index (χ1v) is 7.83. The molecule has 5 nitrogen and oxygen atoms in total. The molecule has 0 spiro atoms. The maximum Gasteiger partial charge on any atom is 0.266 e. The van der Waals surface area contributed by atoms with Crippen molar-refractivity contribution in [3.05, 3.63) is 64.7 Å². The molecule has 0 bridgehead atoms. The van der Waals surface area contributed by atoms with E-state index < -0.39 is 5.91 Å². The molecule has 2 N–H and O–H groups in total. The van der Waals surface area contributed by atoms with Crippen LogP contribution in [0.15, 0.2) is 53.7 Å². The predicted molar refractivity (Wildman–Crippen MR) is 94.2 cm³/mol. The van der Waals surface area contributed by atoms with E-state index in [4.69, 9.17) is 22.1 Å². The van der Waals surface area contributed by atoms with Crippen molar-refractivity contribution in [2.75, 3.05) is 7.11 Å². The van der Waals surface area contributed by atoms with Gasteiger partial charge in [0.05, 0.1) is 5.02 Å². The number of para-hydroxylation sites is 1. The van der Waals surface area contributed by atoms with Crippen LogP contribution in [0.25, 0.3) is 0 Å². The van der Waals surface area contributed by atoms with Crippen LogP contribution in [0, 0.1) is 0 Å². The molecule has 0 fully saturated rings. The fourth-order valence-corrected chi connectivity index (χ4v) is 2.43. The Bertz CT molecular complexity index is 732. The van der Waals surface area contributed by atoms with E-state index in [9.17, 15) is 4.79 Å². The van der Waals surface area contributed by atoms with Gasteiger partial charge in [-0.15, -0.1) is 0 Å². The monoisotopic (exact) mass is 346 g/mol. The quantitative estimate of drug-likeness (QED) is 0.588. The second kappa shape index (κ2) is 8.93. The van der Waals surface area contributed by atoms with Crippen LogP contribution in [0.5, 0.6) is 5.75 Å². The Morgan fingerprint density at radius 2 is 1.79 bits per heavy atom. The minimum atomic E-state index is -0.582. The van der Waals surface area contributed by atoms with E-state index in [1.54, 1.807) is 6.07 Å². The number of carbonyl (C=O) groups excluding carboxylic acids is 1. The van der Waals surface area contributed by atoms with Crippen LogP contribution in [0.1, 0.15) is 17.5 Å². The van der Waals surface area contributed by atoms with Crippen molar-refractivity contribution in [1.82, 2.24) is 0 Å². The summed E-state index contributed by atoms with van der Waals surface area (Å²) in [7, 11) is 1.38. The third kappa shape index (κ3) is 4.99. The van der Waals surface area contributed by atoms with Crippen LogP contribution in [-0.2, 0) is 22.7 Å². The van der Waals surface area contributed by atoms with Gasteiger partial charge in [-0.2, -0.15) is 0 Å². The van der Waals surface area contributed by atoms with Crippen LogP contribution in [0.4, 0.5) is 0 Å². The number of amides is 1. The number of halogens is 1. The largest absolute Gasteiger partial charge is 0.487 e. The average Bonchev–Trinajstić information content (AvgIpc) is 2.58. The van der Waals surface area contributed by atoms with E-state index in [-0.39, 0.29) is 5.71 Å². The molecule has 126 valence electrons.